The highest BCUT2D eigenvalue weighted by molar-refractivity contribution is 5.75. The van der Waals surface area contributed by atoms with E-state index in [1.54, 1.807) is 0 Å². The summed E-state index contributed by atoms with van der Waals surface area (Å²) in [7, 11) is 0. The van der Waals surface area contributed by atoms with Crippen LogP contribution in [0.5, 0.6) is 0 Å². The molecule has 5 heteroatoms. The van der Waals surface area contributed by atoms with Gasteiger partial charge in [-0.05, 0) is 32.4 Å². The first kappa shape index (κ1) is 12.0. The summed E-state index contributed by atoms with van der Waals surface area (Å²) in [4.78, 5) is 7.01. The highest BCUT2D eigenvalue weighted by Crippen LogP contribution is 2.19. The molecular weight excluding hydrogens is 224 g/mol. The number of aromatic amines is 1. The van der Waals surface area contributed by atoms with Crippen LogP contribution >= 0.6 is 0 Å². The van der Waals surface area contributed by atoms with Crippen molar-refractivity contribution in [3.63, 3.8) is 0 Å². The van der Waals surface area contributed by atoms with E-state index >= 15 is 0 Å². The van der Waals surface area contributed by atoms with Gasteiger partial charge in [0.15, 0.2) is 11.6 Å². The topological polar surface area (TPSA) is 54.7 Å². The lowest BCUT2D eigenvalue weighted by Gasteiger charge is -2.16. The van der Waals surface area contributed by atoms with Gasteiger partial charge in [-0.15, -0.1) is 0 Å². The molecule has 1 aromatic heterocycles. The van der Waals surface area contributed by atoms with Crippen molar-refractivity contribution in [2.45, 2.75) is 32.2 Å². The summed E-state index contributed by atoms with van der Waals surface area (Å²) in [5.41, 5.74) is 6.11. The van der Waals surface area contributed by atoms with Crippen molar-refractivity contribution in [1.82, 2.24) is 9.97 Å². The monoisotopic (exact) mass is 239 g/mol. The molecule has 0 spiro atoms. The van der Waals surface area contributed by atoms with Crippen LogP contribution in [-0.4, -0.2) is 15.5 Å². The Labute approximate surface area is 98.0 Å². The molecule has 0 aliphatic rings. The smallest absolute Gasteiger partial charge is 0.186 e. The Bertz CT molecular complexity index is 540. The van der Waals surface area contributed by atoms with E-state index in [-0.39, 0.29) is 11.1 Å². The predicted molar refractivity (Wildman–Crippen MR) is 62.6 cm³/mol. The molecule has 3 N–H and O–H groups in total. The van der Waals surface area contributed by atoms with Crippen LogP contribution < -0.4 is 5.73 Å². The van der Waals surface area contributed by atoms with Crippen molar-refractivity contribution in [2.24, 2.45) is 5.73 Å². The van der Waals surface area contributed by atoms with Gasteiger partial charge in [-0.1, -0.05) is 0 Å². The van der Waals surface area contributed by atoms with E-state index in [1.165, 1.54) is 6.07 Å². The minimum atomic E-state index is -0.906. The number of H-pyrrole nitrogens is 1. The van der Waals surface area contributed by atoms with Crippen LogP contribution in [0.1, 0.15) is 26.1 Å². The summed E-state index contributed by atoms with van der Waals surface area (Å²) in [6.45, 7) is 3.83. The van der Waals surface area contributed by atoms with Gasteiger partial charge in [0.1, 0.15) is 11.3 Å². The van der Waals surface area contributed by atoms with Crippen molar-refractivity contribution in [2.75, 3.05) is 0 Å². The lowest BCUT2D eigenvalue weighted by Crippen LogP contribution is -2.32. The van der Waals surface area contributed by atoms with Crippen LogP contribution in [-0.2, 0) is 6.42 Å². The van der Waals surface area contributed by atoms with Crippen molar-refractivity contribution < 1.29 is 8.78 Å². The number of imidazole rings is 1. The second-order valence-corrected chi connectivity index (χ2v) is 4.93. The molecule has 0 aliphatic heterocycles. The zero-order valence-corrected chi connectivity index (χ0v) is 9.85. The predicted octanol–water partition coefficient (Wildman–Crippen LogP) is 2.51. The number of aromatic nitrogens is 2. The number of nitrogens with two attached hydrogens (primary N) is 1. The molecule has 0 fully saturated rings. The number of aryl methyl sites for hydroxylation is 1. The Morgan fingerprint density at radius 1 is 1.35 bits per heavy atom. The first-order chi connectivity index (χ1) is 7.87. The molecule has 0 aliphatic carbocycles. The number of nitrogens with zero attached hydrogens (tertiary/aromatic N) is 1. The van der Waals surface area contributed by atoms with E-state index in [9.17, 15) is 8.78 Å². The van der Waals surface area contributed by atoms with Crippen LogP contribution in [0.15, 0.2) is 12.1 Å². The van der Waals surface area contributed by atoms with Gasteiger partial charge in [0, 0.05) is 12.0 Å². The zero-order valence-electron chi connectivity index (χ0n) is 9.85. The average molecular weight is 239 g/mol. The van der Waals surface area contributed by atoms with Crippen LogP contribution in [0, 0.1) is 11.6 Å². The van der Waals surface area contributed by atoms with E-state index in [0.29, 0.717) is 17.8 Å². The van der Waals surface area contributed by atoms with Crippen LogP contribution in [0.4, 0.5) is 8.78 Å². The minimum absolute atomic E-state index is 0.0508. The summed E-state index contributed by atoms with van der Waals surface area (Å²) < 4.78 is 26.4. The molecule has 1 heterocycles. The second-order valence-electron chi connectivity index (χ2n) is 4.93. The second kappa shape index (κ2) is 4.07. The molecule has 0 radical (unpaired) electrons. The fourth-order valence-electron chi connectivity index (χ4n) is 1.63. The summed E-state index contributed by atoms with van der Waals surface area (Å²) >= 11 is 0. The van der Waals surface area contributed by atoms with Gasteiger partial charge >= 0.3 is 0 Å². The first-order valence-electron chi connectivity index (χ1n) is 5.48. The van der Waals surface area contributed by atoms with Gasteiger partial charge in [-0.3, -0.25) is 0 Å². The molecule has 0 unspecified atom stereocenters. The van der Waals surface area contributed by atoms with E-state index in [2.05, 4.69) is 9.97 Å². The molecule has 0 bridgehead atoms. The Balaban J connectivity index is 2.29. The highest BCUT2D eigenvalue weighted by Gasteiger charge is 2.14. The Morgan fingerprint density at radius 2 is 2.06 bits per heavy atom. The zero-order chi connectivity index (χ0) is 12.6. The van der Waals surface area contributed by atoms with Gasteiger partial charge in [-0.2, -0.15) is 0 Å². The number of fused-ring (bicyclic) bond motifs is 1. The van der Waals surface area contributed by atoms with E-state index < -0.39 is 11.6 Å². The van der Waals surface area contributed by atoms with Crippen molar-refractivity contribution in [3.8, 4) is 0 Å². The molecule has 0 amide bonds. The lowest BCUT2D eigenvalue weighted by molar-refractivity contribution is 0.472. The van der Waals surface area contributed by atoms with Crippen LogP contribution in [0.25, 0.3) is 11.0 Å². The molecule has 17 heavy (non-hydrogen) atoms. The van der Waals surface area contributed by atoms with Gasteiger partial charge in [0.25, 0.3) is 0 Å². The Hall–Kier alpha value is -1.49. The number of hydrogen-bond donors (Lipinski definition) is 2. The molecule has 2 aromatic rings. The summed E-state index contributed by atoms with van der Waals surface area (Å²) in [5, 5.41) is 0. The quantitative estimate of drug-likeness (QED) is 0.864. The molecule has 2 rings (SSSR count). The number of benzene rings is 1. The maximum atomic E-state index is 13.4. The SMILES string of the molecule is CC(C)(N)CCc1nc2c(F)c(F)ccc2[nH]1. The minimum Gasteiger partial charge on any atom is -0.342 e. The van der Waals surface area contributed by atoms with E-state index in [1.807, 2.05) is 13.8 Å². The fourth-order valence-corrected chi connectivity index (χ4v) is 1.63. The van der Waals surface area contributed by atoms with Gasteiger partial charge in [0.2, 0.25) is 0 Å². The van der Waals surface area contributed by atoms with Crippen LogP contribution in [0.2, 0.25) is 0 Å². The van der Waals surface area contributed by atoms with Crippen molar-refractivity contribution in [3.05, 3.63) is 29.6 Å². The largest absolute Gasteiger partial charge is 0.342 e. The number of nitrogens with one attached hydrogen (secondary N) is 1. The molecule has 3 nitrogen and oxygen atoms in total. The highest BCUT2D eigenvalue weighted by atomic mass is 19.2. The van der Waals surface area contributed by atoms with Crippen molar-refractivity contribution in [1.29, 1.82) is 0 Å². The fraction of sp³-hybridized carbons (Fsp3) is 0.417. The standard InChI is InChI=1S/C12H15F2N3/c1-12(2,15)6-5-9-16-8-4-3-7(13)10(14)11(8)17-9/h3-4H,5-6,15H2,1-2H3,(H,16,17). The number of hydrogen-bond acceptors (Lipinski definition) is 2. The van der Waals surface area contributed by atoms with Gasteiger partial charge in [-0.25, -0.2) is 13.8 Å². The summed E-state index contributed by atoms with van der Waals surface area (Å²) in [6.07, 6.45) is 1.33. The Morgan fingerprint density at radius 3 is 2.71 bits per heavy atom. The number of halogens is 2. The molecular formula is C12H15F2N3. The third-order valence-corrected chi connectivity index (χ3v) is 2.60. The summed E-state index contributed by atoms with van der Waals surface area (Å²) in [5.74, 6) is -1.16. The Kier molecular flexibility index (Phi) is 2.87. The molecule has 0 saturated carbocycles. The maximum Gasteiger partial charge on any atom is 0.186 e. The van der Waals surface area contributed by atoms with Gasteiger partial charge in [0.05, 0.1) is 5.52 Å². The lowest BCUT2D eigenvalue weighted by atomic mass is 10.0. The molecule has 92 valence electrons. The molecule has 0 atom stereocenters. The molecule has 1 aromatic carbocycles. The maximum absolute atomic E-state index is 13.4. The molecule has 0 saturated heterocycles. The number of rotatable bonds is 3. The normalized spacial score (nSPS) is 12.3. The third-order valence-electron chi connectivity index (χ3n) is 2.60. The van der Waals surface area contributed by atoms with E-state index in [4.69, 9.17) is 5.73 Å². The summed E-state index contributed by atoms with van der Waals surface area (Å²) in [6, 6.07) is 2.57. The van der Waals surface area contributed by atoms with E-state index in [0.717, 1.165) is 12.5 Å². The van der Waals surface area contributed by atoms with Gasteiger partial charge < -0.3 is 10.7 Å². The van der Waals surface area contributed by atoms with Crippen molar-refractivity contribution >= 4 is 11.0 Å². The van der Waals surface area contributed by atoms with Crippen LogP contribution in [0.3, 0.4) is 0 Å². The average Bonchev–Trinajstić information content (AvgIpc) is 2.64. The first-order valence-corrected chi connectivity index (χ1v) is 5.48. The third kappa shape index (κ3) is 2.61.